The number of para-hydroxylation sites is 1. The first-order chi connectivity index (χ1) is 14.4. The third-order valence-electron chi connectivity index (χ3n) is 4.38. The van der Waals surface area contributed by atoms with Crippen molar-refractivity contribution in [3.63, 3.8) is 0 Å². The van der Waals surface area contributed by atoms with Gasteiger partial charge in [0.25, 0.3) is 0 Å². The highest BCUT2D eigenvalue weighted by atomic mass is 35.5. The summed E-state index contributed by atoms with van der Waals surface area (Å²) in [5.41, 5.74) is 0.790. The molecule has 7 nitrogen and oxygen atoms in total. The lowest BCUT2D eigenvalue weighted by Crippen LogP contribution is -2.38. The largest absolute Gasteiger partial charge is 0.491 e. The zero-order chi connectivity index (χ0) is 21.6. The molecule has 0 radical (unpaired) electrons. The Kier molecular flexibility index (Phi) is 7.25. The van der Waals surface area contributed by atoms with E-state index in [0.717, 1.165) is 15.2 Å². The van der Waals surface area contributed by atoms with Crippen LogP contribution in [0, 0.1) is 0 Å². The molecule has 1 aromatic heterocycles. The molecule has 0 aliphatic carbocycles. The molecule has 9 heteroatoms. The number of benzene rings is 2. The summed E-state index contributed by atoms with van der Waals surface area (Å²) in [6, 6.07) is 15.3. The average molecular weight is 448 g/mol. The van der Waals surface area contributed by atoms with E-state index in [2.05, 4.69) is 10.3 Å². The van der Waals surface area contributed by atoms with Gasteiger partial charge in [-0.15, -0.1) is 0 Å². The predicted molar refractivity (Wildman–Crippen MR) is 116 cm³/mol. The molecule has 0 spiro atoms. The second-order valence-electron chi connectivity index (χ2n) is 6.60. The first-order valence-corrected chi connectivity index (χ1v) is 11.1. The average Bonchev–Trinajstić information content (AvgIpc) is 2.74. The van der Waals surface area contributed by atoms with E-state index < -0.39 is 10.0 Å². The zero-order valence-corrected chi connectivity index (χ0v) is 18.0. The van der Waals surface area contributed by atoms with Gasteiger partial charge < -0.3 is 10.1 Å². The molecule has 0 bridgehead atoms. The van der Waals surface area contributed by atoms with Crippen molar-refractivity contribution in [2.24, 2.45) is 0 Å². The van der Waals surface area contributed by atoms with Gasteiger partial charge in [-0.1, -0.05) is 29.8 Å². The van der Waals surface area contributed by atoms with E-state index in [0.29, 0.717) is 30.3 Å². The van der Waals surface area contributed by atoms with Gasteiger partial charge in [0.2, 0.25) is 15.9 Å². The molecule has 0 aliphatic heterocycles. The maximum Gasteiger partial charge on any atom is 0.243 e. The third kappa shape index (κ3) is 5.47. The number of nitrogens with one attached hydrogen (secondary N) is 1. The lowest BCUT2D eigenvalue weighted by atomic mass is 10.2. The number of halogens is 1. The van der Waals surface area contributed by atoms with Crippen molar-refractivity contribution in [3.05, 3.63) is 65.8 Å². The number of sulfonamides is 1. The number of amides is 1. The Morgan fingerprint density at radius 2 is 1.87 bits per heavy atom. The van der Waals surface area contributed by atoms with Gasteiger partial charge >= 0.3 is 0 Å². The lowest BCUT2D eigenvalue weighted by molar-refractivity contribution is -0.121. The van der Waals surface area contributed by atoms with Crippen LogP contribution in [-0.4, -0.2) is 50.4 Å². The minimum atomic E-state index is -3.76. The SMILES string of the molecule is CN(CC(=O)NCCCOc1cccc2cccnc12)S(=O)(=O)c1ccc(Cl)cc1. The number of rotatable bonds is 9. The fourth-order valence-corrected chi connectivity index (χ4v) is 4.06. The molecule has 1 amide bonds. The highest BCUT2D eigenvalue weighted by Crippen LogP contribution is 2.23. The van der Waals surface area contributed by atoms with Crippen LogP contribution in [0.1, 0.15) is 6.42 Å². The molecular weight excluding hydrogens is 426 g/mol. The molecule has 3 rings (SSSR count). The quantitative estimate of drug-likeness (QED) is 0.509. The van der Waals surface area contributed by atoms with Gasteiger partial charge in [0, 0.05) is 30.2 Å². The minimum absolute atomic E-state index is 0.0827. The molecule has 0 fully saturated rings. The number of nitrogens with zero attached hydrogens (tertiary/aromatic N) is 2. The van der Waals surface area contributed by atoms with Crippen molar-refractivity contribution in [1.29, 1.82) is 0 Å². The van der Waals surface area contributed by atoms with E-state index in [4.69, 9.17) is 16.3 Å². The third-order valence-corrected chi connectivity index (χ3v) is 6.45. The Labute approximate surface area is 180 Å². The monoisotopic (exact) mass is 447 g/mol. The molecule has 1 heterocycles. The van der Waals surface area contributed by atoms with Crippen LogP contribution in [0.2, 0.25) is 5.02 Å². The summed E-state index contributed by atoms with van der Waals surface area (Å²) in [4.78, 5) is 16.5. The number of hydrogen-bond donors (Lipinski definition) is 1. The van der Waals surface area contributed by atoms with Gasteiger partial charge in [-0.2, -0.15) is 4.31 Å². The molecule has 0 aliphatic rings. The van der Waals surface area contributed by atoms with Crippen LogP contribution in [-0.2, 0) is 14.8 Å². The van der Waals surface area contributed by atoms with Gasteiger partial charge in [-0.05, 0) is 42.8 Å². The molecule has 1 N–H and O–H groups in total. The number of hydrogen-bond acceptors (Lipinski definition) is 5. The second kappa shape index (κ2) is 9.88. The Hall–Kier alpha value is -2.68. The van der Waals surface area contributed by atoms with Crippen LogP contribution < -0.4 is 10.1 Å². The minimum Gasteiger partial charge on any atom is -0.491 e. The standard InChI is InChI=1S/C21H22ClN3O4S/c1-25(30(27,28)18-10-8-17(22)9-11-18)15-20(26)23-13-4-14-29-19-7-2-5-16-6-3-12-24-21(16)19/h2-3,5-12H,4,13-15H2,1H3,(H,23,26). The second-order valence-corrected chi connectivity index (χ2v) is 9.08. The number of aromatic nitrogens is 1. The van der Waals surface area contributed by atoms with Crippen LogP contribution in [0.4, 0.5) is 0 Å². The lowest BCUT2D eigenvalue weighted by Gasteiger charge is -2.17. The first kappa shape index (κ1) is 22.0. The van der Waals surface area contributed by atoms with Gasteiger partial charge in [-0.3, -0.25) is 9.78 Å². The molecule has 158 valence electrons. The van der Waals surface area contributed by atoms with Crippen molar-refractivity contribution < 1.29 is 17.9 Å². The fraction of sp³-hybridized carbons (Fsp3) is 0.238. The van der Waals surface area contributed by atoms with Crippen molar-refractivity contribution in [2.75, 3.05) is 26.7 Å². The summed E-state index contributed by atoms with van der Waals surface area (Å²) in [6.07, 6.45) is 2.28. The first-order valence-electron chi connectivity index (χ1n) is 9.33. The number of carbonyl (C=O) groups excluding carboxylic acids is 1. The summed E-state index contributed by atoms with van der Waals surface area (Å²) in [6.45, 7) is 0.486. The maximum atomic E-state index is 12.5. The molecule has 0 saturated heterocycles. The van der Waals surface area contributed by atoms with Crippen molar-refractivity contribution in [2.45, 2.75) is 11.3 Å². The van der Waals surface area contributed by atoms with Crippen LogP contribution in [0.25, 0.3) is 10.9 Å². The summed E-state index contributed by atoms with van der Waals surface area (Å²) >= 11 is 5.79. The molecule has 2 aromatic carbocycles. The highest BCUT2D eigenvalue weighted by Gasteiger charge is 2.22. The van der Waals surface area contributed by atoms with E-state index in [-0.39, 0.29) is 17.3 Å². The van der Waals surface area contributed by atoms with E-state index in [1.54, 1.807) is 6.20 Å². The molecule has 0 saturated carbocycles. The van der Waals surface area contributed by atoms with Gasteiger partial charge in [0.05, 0.1) is 18.0 Å². The summed E-state index contributed by atoms with van der Waals surface area (Å²) in [7, 11) is -2.40. The predicted octanol–water partition coefficient (Wildman–Crippen LogP) is 3.09. The summed E-state index contributed by atoms with van der Waals surface area (Å²) in [5.74, 6) is 0.301. The zero-order valence-electron chi connectivity index (χ0n) is 16.4. The number of ether oxygens (including phenoxy) is 1. The number of likely N-dealkylation sites (N-methyl/N-ethyl adjacent to an activating group) is 1. The maximum absolute atomic E-state index is 12.5. The van der Waals surface area contributed by atoms with Gasteiger partial charge in [0.1, 0.15) is 11.3 Å². The van der Waals surface area contributed by atoms with Crippen LogP contribution in [0.3, 0.4) is 0 Å². The smallest absolute Gasteiger partial charge is 0.243 e. The number of pyridine rings is 1. The molecule has 3 aromatic rings. The van der Waals surface area contributed by atoms with E-state index in [1.807, 2.05) is 30.3 Å². The van der Waals surface area contributed by atoms with E-state index in [9.17, 15) is 13.2 Å². The number of fused-ring (bicyclic) bond motifs is 1. The van der Waals surface area contributed by atoms with E-state index in [1.165, 1.54) is 31.3 Å². The van der Waals surface area contributed by atoms with E-state index >= 15 is 0 Å². The Morgan fingerprint density at radius 1 is 1.13 bits per heavy atom. The molecular formula is C21H22ClN3O4S. The van der Waals surface area contributed by atoms with Gasteiger partial charge in [0.15, 0.2) is 0 Å². The fourth-order valence-electron chi connectivity index (χ4n) is 2.80. The normalized spacial score (nSPS) is 11.6. The topological polar surface area (TPSA) is 88.6 Å². The Bertz CT molecular complexity index is 1120. The van der Waals surface area contributed by atoms with Crippen LogP contribution in [0.15, 0.2) is 65.7 Å². The molecule has 0 atom stereocenters. The summed E-state index contributed by atoms with van der Waals surface area (Å²) in [5, 5.41) is 4.14. The molecule has 30 heavy (non-hydrogen) atoms. The van der Waals surface area contributed by atoms with Gasteiger partial charge in [-0.25, -0.2) is 8.42 Å². The highest BCUT2D eigenvalue weighted by molar-refractivity contribution is 7.89. The Balaban J connectivity index is 1.44. The van der Waals surface area contributed by atoms with Crippen molar-refractivity contribution >= 4 is 38.4 Å². The van der Waals surface area contributed by atoms with Crippen molar-refractivity contribution in [1.82, 2.24) is 14.6 Å². The molecule has 0 unspecified atom stereocenters. The summed E-state index contributed by atoms with van der Waals surface area (Å²) < 4.78 is 31.8. The van der Waals surface area contributed by atoms with Crippen molar-refractivity contribution in [3.8, 4) is 5.75 Å². The van der Waals surface area contributed by atoms with Crippen LogP contribution in [0.5, 0.6) is 5.75 Å². The Morgan fingerprint density at radius 3 is 2.63 bits per heavy atom. The number of carbonyl (C=O) groups is 1. The van der Waals surface area contributed by atoms with Crippen LogP contribution >= 0.6 is 11.6 Å².